The van der Waals surface area contributed by atoms with Gasteiger partial charge in [0.1, 0.15) is 11.5 Å². The van der Waals surface area contributed by atoms with Gasteiger partial charge < -0.3 is 14.4 Å². The second-order valence-corrected chi connectivity index (χ2v) is 11.7. The van der Waals surface area contributed by atoms with Crippen molar-refractivity contribution in [3.63, 3.8) is 0 Å². The lowest BCUT2D eigenvalue weighted by molar-refractivity contribution is -0.118. The van der Waals surface area contributed by atoms with Crippen LogP contribution >= 0.6 is 11.6 Å². The highest BCUT2D eigenvalue weighted by atomic mass is 35.5. The maximum Gasteiger partial charge on any atom is 0.262 e. The van der Waals surface area contributed by atoms with Crippen molar-refractivity contribution in [2.75, 3.05) is 18.1 Å². The molecule has 1 aliphatic heterocycles. The molecule has 0 aliphatic carbocycles. The summed E-state index contributed by atoms with van der Waals surface area (Å²) >= 11 is 6.08. The highest BCUT2D eigenvalue weighted by molar-refractivity contribution is 7.89. The van der Waals surface area contributed by atoms with E-state index < -0.39 is 21.7 Å². The Labute approximate surface area is 243 Å². The van der Waals surface area contributed by atoms with Crippen LogP contribution in [0.3, 0.4) is 0 Å². The molecule has 0 saturated carbocycles. The minimum atomic E-state index is -3.96. The summed E-state index contributed by atoms with van der Waals surface area (Å²) in [6, 6.07) is 21.1. The normalized spacial score (nSPS) is 12.9. The maximum absolute atomic E-state index is 13.7. The molecule has 0 aromatic heterocycles. The van der Waals surface area contributed by atoms with E-state index in [-0.39, 0.29) is 18.9 Å². The molecule has 1 N–H and O–H groups in total. The first-order valence-electron chi connectivity index (χ1n) is 13.2. The summed E-state index contributed by atoms with van der Waals surface area (Å²) in [6.07, 6.45) is -0.155. The van der Waals surface area contributed by atoms with E-state index in [1.54, 1.807) is 53.4 Å². The first-order chi connectivity index (χ1) is 19.7. The van der Waals surface area contributed by atoms with Gasteiger partial charge in [0, 0.05) is 27.0 Å². The molecular formula is C31H29ClN2O6S. The van der Waals surface area contributed by atoms with Crippen LogP contribution in [0.4, 0.5) is 5.69 Å². The zero-order valence-electron chi connectivity index (χ0n) is 22.6. The minimum Gasteiger partial charge on any atom is -0.493 e. The fourth-order valence-corrected chi connectivity index (χ4v) is 6.36. The van der Waals surface area contributed by atoms with Crippen LogP contribution < -0.4 is 19.1 Å². The van der Waals surface area contributed by atoms with Crippen molar-refractivity contribution in [3.05, 3.63) is 100 Å². The summed E-state index contributed by atoms with van der Waals surface area (Å²) in [5.41, 5.74) is 2.83. The third-order valence-corrected chi connectivity index (χ3v) is 8.38. The summed E-state index contributed by atoms with van der Waals surface area (Å²) in [6.45, 7) is 4.90. The van der Waals surface area contributed by atoms with Crippen LogP contribution in [-0.2, 0) is 33.5 Å². The number of nitrogens with one attached hydrogen (secondary N) is 1. The van der Waals surface area contributed by atoms with Crippen molar-refractivity contribution in [1.29, 1.82) is 0 Å². The minimum absolute atomic E-state index is 0.155. The molecule has 4 aromatic rings. The lowest BCUT2D eigenvalue weighted by atomic mass is 9.99. The maximum atomic E-state index is 13.7. The number of hydrogen-bond donors (Lipinski definition) is 1. The molecule has 2 amide bonds. The van der Waals surface area contributed by atoms with Crippen molar-refractivity contribution in [2.45, 2.75) is 32.6 Å². The predicted octanol–water partition coefficient (Wildman–Crippen LogP) is 5.64. The van der Waals surface area contributed by atoms with Crippen LogP contribution in [-0.4, -0.2) is 33.4 Å². The van der Waals surface area contributed by atoms with Gasteiger partial charge in [0.15, 0.2) is 0 Å². The number of sulfonamides is 1. The molecule has 8 nitrogen and oxygen atoms in total. The molecule has 0 unspecified atom stereocenters. The Kier molecular flexibility index (Phi) is 8.19. The number of benzene rings is 4. The van der Waals surface area contributed by atoms with Crippen molar-refractivity contribution in [1.82, 2.24) is 4.72 Å². The van der Waals surface area contributed by atoms with Gasteiger partial charge >= 0.3 is 0 Å². The highest BCUT2D eigenvalue weighted by Gasteiger charge is 2.36. The number of halogens is 1. The van der Waals surface area contributed by atoms with Crippen LogP contribution in [0.1, 0.15) is 40.9 Å². The smallest absolute Gasteiger partial charge is 0.262 e. The molecule has 4 aromatic carbocycles. The van der Waals surface area contributed by atoms with Gasteiger partial charge in [-0.25, -0.2) is 8.42 Å². The number of anilines is 1. The first kappa shape index (κ1) is 28.4. The van der Waals surface area contributed by atoms with Crippen LogP contribution in [0, 0.1) is 0 Å². The molecular weight excluding hydrogens is 564 g/mol. The zero-order valence-corrected chi connectivity index (χ0v) is 24.2. The third kappa shape index (κ3) is 5.87. The molecule has 212 valence electrons. The number of carbonyl (C=O) groups is 2. The SMILES string of the molecule is CCOc1c2c(c(OCC)c3ccccc13)C(=O)N(c1ccc(CS(=O)(=O)NC(=O)Cc3ccccc3Cl)cc1)C2. The van der Waals surface area contributed by atoms with Gasteiger partial charge in [0.25, 0.3) is 5.91 Å². The van der Waals surface area contributed by atoms with E-state index in [0.29, 0.717) is 52.1 Å². The number of nitrogens with zero attached hydrogens (tertiary/aromatic N) is 1. The number of hydrogen-bond acceptors (Lipinski definition) is 6. The Bertz CT molecular complexity index is 1740. The quantitative estimate of drug-likeness (QED) is 0.256. The van der Waals surface area contributed by atoms with E-state index in [1.807, 2.05) is 38.1 Å². The molecule has 0 radical (unpaired) electrons. The highest BCUT2D eigenvalue weighted by Crippen LogP contribution is 2.46. The number of rotatable bonds is 10. The van der Waals surface area contributed by atoms with Crippen LogP contribution in [0.2, 0.25) is 5.02 Å². The number of fused-ring (bicyclic) bond motifs is 2. The van der Waals surface area contributed by atoms with Crippen LogP contribution in [0.25, 0.3) is 10.8 Å². The second kappa shape index (κ2) is 11.8. The Balaban J connectivity index is 1.36. The molecule has 1 heterocycles. The molecule has 0 saturated heterocycles. The monoisotopic (exact) mass is 592 g/mol. The lowest BCUT2D eigenvalue weighted by Crippen LogP contribution is -2.32. The first-order valence-corrected chi connectivity index (χ1v) is 15.3. The van der Waals surface area contributed by atoms with Crippen molar-refractivity contribution >= 4 is 49.9 Å². The summed E-state index contributed by atoms with van der Waals surface area (Å²) in [5, 5.41) is 2.08. The van der Waals surface area contributed by atoms with E-state index in [0.717, 1.165) is 16.3 Å². The van der Waals surface area contributed by atoms with E-state index in [1.165, 1.54) is 0 Å². The Morgan fingerprint density at radius 2 is 1.51 bits per heavy atom. The zero-order chi connectivity index (χ0) is 29.1. The third-order valence-electron chi connectivity index (χ3n) is 6.75. The van der Waals surface area contributed by atoms with Gasteiger partial charge in [-0.3, -0.25) is 14.3 Å². The molecule has 1 aliphatic rings. The largest absolute Gasteiger partial charge is 0.493 e. The fourth-order valence-electron chi connectivity index (χ4n) is 5.03. The van der Waals surface area contributed by atoms with Gasteiger partial charge in [-0.15, -0.1) is 0 Å². The van der Waals surface area contributed by atoms with E-state index in [4.69, 9.17) is 21.1 Å². The molecule has 0 atom stereocenters. The van der Waals surface area contributed by atoms with Crippen molar-refractivity contribution in [3.8, 4) is 11.5 Å². The van der Waals surface area contributed by atoms with Crippen LogP contribution in [0.15, 0.2) is 72.8 Å². The van der Waals surface area contributed by atoms with Crippen molar-refractivity contribution < 1.29 is 27.5 Å². The fraction of sp³-hybridized carbons (Fsp3) is 0.226. The van der Waals surface area contributed by atoms with E-state index in [9.17, 15) is 18.0 Å². The van der Waals surface area contributed by atoms with Gasteiger partial charge in [-0.1, -0.05) is 66.2 Å². The molecule has 5 rings (SSSR count). The summed E-state index contributed by atoms with van der Waals surface area (Å²) in [4.78, 5) is 27.7. The molecule has 0 fully saturated rings. The van der Waals surface area contributed by atoms with E-state index >= 15 is 0 Å². The van der Waals surface area contributed by atoms with Gasteiger partial charge in [-0.05, 0) is 43.2 Å². The summed E-state index contributed by atoms with van der Waals surface area (Å²) < 4.78 is 39.5. The van der Waals surface area contributed by atoms with E-state index in [2.05, 4.69) is 4.72 Å². The Morgan fingerprint density at radius 1 is 0.902 bits per heavy atom. The average molecular weight is 593 g/mol. The number of amides is 2. The molecule has 0 bridgehead atoms. The molecule has 0 spiro atoms. The second-order valence-electron chi connectivity index (χ2n) is 9.53. The standard InChI is InChI=1S/C31H29ClN2O6S/c1-3-39-29-23-10-6-7-11-24(23)30(40-4-2)28-25(29)18-34(31(28)36)22-15-13-20(14-16-22)19-41(37,38)33-27(35)17-21-9-5-8-12-26(21)32/h5-16H,3-4,17-19H2,1-2H3,(H,33,35). The van der Waals surface area contributed by atoms with Crippen LogP contribution in [0.5, 0.6) is 11.5 Å². The molecule has 10 heteroatoms. The number of carbonyl (C=O) groups excluding carboxylic acids is 2. The van der Waals surface area contributed by atoms with Crippen molar-refractivity contribution in [2.24, 2.45) is 0 Å². The Hall–Kier alpha value is -4.08. The Morgan fingerprint density at radius 3 is 2.17 bits per heavy atom. The predicted molar refractivity (Wildman–Crippen MR) is 159 cm³/mol. The number of ether oxygens (including phenoxy) is 2. The average Bonchev–Trinajstić information content (AvgIpc) is 3.28. The summed E-state index contributed by atoms with van der Waals surface area (Å²) in [5.74, 6) is -0.0959. The van der Waals surface area contributed by atoms with Gasteiger partial charge in [0.05, 0.1) is 37.5 Å². The molecule has 41 heavy (non-hydrogen) atoms. The summed E-state index contributed by atoms with van der Waals surface area (Å²) in [7, 11) is -3.96. The lowest BCUT2D eigenvalue weighted by Gasteiger charge is -2.16. The van der Waals surface area contributed by atoms with Gasteiger partial charge in [-0.2, -0.15) is 0 Å². The van der Waals surface area contributed by atoms with Gasteiger partial charge in [0.2, 0.25) is 15.9 Å². The topological polar surface area (TPSA) is 102 Å².